The number of halogens is 2. The number of nitrogen functional groups attached to an aromatic ring is 1. The number of hydrogen-bond acceptors (Lipinski definition) is 2. The molecule has 0 aliphatic carbocycles. The zero-order valence-electron chi connectivity index (χ0n) is 7.09. The fourth-order valence-corrected chi connectivity index (χ4v) is 1.21. The smallest absolute Gasteiger partial charge is 0.158 e. The second kappa shape index (κ2) is 3.10. The molecule has 0 atom stereocenters. The third-order valence-electron chi connectivity index (χ3n) is 1.89. The molecule has 0 spiro atoms. The van der Waals surface area contributed by atoms with E-state index in [0.717, 1.165) is 6.07 Å². The summed E-state index contributed by atoms with van der Waals surface area (Å²) in [5, 5.41) is 0. The van der Waals surface area contributed by atoms with Crippen molar-refractivity contribution in [1.29, 1.82) is 0 Å². The molecule has 0 aliphatic heterocycles. The quantitative estimate of drug-likeness (QED) is 0.683. The number of nitrogens with two attached hydrogens (primary N) is 1. The van der Waals surface area contributed by atoms with Gasteiger partial charge in [0.25, 0.3) is 0 Å². The molecule has 72 valence electrons. The van der Waals surface area contributed by atoms with Crippen LogP contribution in [0.15, 0.2) is 24.7 Å². The number of rotatable bonds is 1. The summed E-state index contributed by atoms with van der Waals surface area (Å²) >= 11 is 0. The molecule has 1 aromatic heterocycles. The van der Waals surface area contributed by atoms with Crippen LogP contribution in [0, 0.1) is 11.6 Å². The van der Waals surface area contributed by atoms with Crippen LogP contribution < -0.4 is 5.73 Å². The Morgan fingerprint density at radius 3 is 2.71 bits per heavy atom. The lowest BCUT2D eigenvalue weighted by atomic mass is 10.1. The second-order valence-corrected chi connectivity index (χ2v) is 2.79. The molecular formula is C9H7F2N3. The van der Waals surface area contributed by atoms with Crippen LogP contribution in [-0.2, 0) is 0 Å². The first-order chi connectivity index (χ1) is 6.70. The summed E-state index contributed by atoms with van der Waals surface area (Å²) in [6, 6.07) is 2.30. The predicted octanol–water partition coefficient (Wildman–Crippen LogP) is 1.94. The van der Waals surface area contributed by atoms with Gasteiger partial charge < -0.3 is 10.7 Å². The van der Waals surface area contributed by atoms with Crippen molar-refractivity contribution in [2.75, 3.05) is 5.73 Å². The van der Waals surface area contributed by atoms with E-state index in [1.807, 2.05) is 0 Å². The molecule has 1 aromatic carbocycles. The van der Waals surface area contributed by atoms with E-state index >= 15 is 0 Å². The van der Waals surface area contributed by atoms with Gasteiger partial charge in [0.05, 0.1) is 29.5 Å². The number of anilines is 1. The van der Waals surface area contributed by atoms with E-state index in [4.69, 9.17) is 5.73 Å². The van der Waals surface area contributed by atoms with Crippen molar-refractivity contribution in [3.8, 4) is 11.3 Å². The highest BCUT2D eigenvalue weighted by Crippen LogP contribution is 2.27. The molecule has 1 heterocycles. The Morgan fingerprint density at radius 2 is 2.07 bits per heavy atom. The van der Waals surface area contributed by atoms with Crippen molar-refractivity contribution in [2.24, 2.45) is 0 Å². The average molecular weight is 195 g/mol. The molecule has 14 heavy (non-hydrogen) atoms. The third-order valence-corrected chi connectivity index (χ3v) is 1.89. The molecule has 0 radical (unpaired) electrons. The number of nitrogens with one attached hydrogen (secondary N) is 1. The molecular weight excluding hydrogens is 188 g/mol. The topological polar surface area (TPSA) is 54.7 Å². The zero-order chi connectivity index (χ0) is 10.1. The first-order valence-electron chi connectivity index (χ1n) is 3.92. The number of benzene rings is 1. The van der Waals surface area contributed by atoms with Crippen molar-refractivity contribution in [1.82, 2.24) is 9.97 Å². The highest BCUT2D eigenvalue weighted by atomic mass is 19.1. The monoisotopic (exact) mass is 195 g/mol. The molecule has 3 N–H and O–H groups in total. The summed E-state index contributed by atoms with van der Waals surface area (Å²) in [6.45, 7) is 0. The highest BCUT2D eigenvalue weighted by molar-refractivity contribution is 5.65. The minimum atomic E-state index is -0.769. The molecule has 2 rings (SSSR count). The predicted molar refractivity (Wildman–Crippen MR) is 48.4 cm³/mol. The summed E-state index contributed by atoms with van der Waals surface area (Å²) in [5.41, 5.74) is 5.33. The number of aromatic nitrogens is 2. The van der Waals surface area contributed by atoms with Gasteiger partial charge in [-0.3, -0.25) is 0 Å². The molecule has 0 saturated heterocycles. The van der Waals surface area contributed by atoms with Gasteiger partial charge in [-0.2, -0.15) is 0 Å². The average Bonchev–Trinajstić information content (AvgIpc) is 2.65. The Morgan fingerprint density at radius 1 is 1.29 bits per heavy atom. The third kappa shape index (κ3) is 1.22. The minimum absolute atomic E-state index is 0.0870. The summed E-state index contributed by atoms with van der Waals surface area (Å²) in [5.74, 6) is -1.43. The summed E-state index contributed by atoms with van der Waals surface area (Å²) < 4.78 is 26.7. The lowest BCUT2D eigenvalue weighted by Crippen LogP contribution is -1.96. The number of imidazole rings is 1. The Kier molecular flexibility index (Phi) is 1.92. The lowest BCUT2D eigenvalue weighted by Gasteiger charge is -2.04. The zero-order valence-corrected chi connectivity index (χ0v) is 7.09. The summed E-state index contributed by atoms with van der Waals surface area (Å²) in [7, 11) is 0. The van der Waals surface area contributed by atoms with Crippen molar-refractivity contribution in [3.63, 3.8) is 0 Å². The van der Waals surface area contributed by atoms with Gasteiger partial charge >= 0.3 is 0 Å². The van der Waals surface area contributed by atoms with Crippen molar-refractivity contribution in [3.05, 3.63) is 36.3 Å². The molecule has 0 aliphatic rings. The first kappa shape index (κ1) is 8.68. The highest BCUT2D eigenvalue weighted by Gasteiger charge is 2.14. The molecule has 0 unspecified atom stereocenters. The lowest BCUT2D eigenvalue weighted by molar-refractivity contribution is 0.592. The Balaban J connectivity index is 2.69. The van der Waals surface area contributed by atoms with E-state index in [1.165, 1.54) is 18.6 Å². The molecule has 3 nitrogen and oxygen atoms in total. The molecule has 5 heteroatoms. The van der Waals surface area contributed by atoms with Gasteiger partial charge in [0.2, 0.25) is 0 Å². The molecule has 0 bridgehead atoms. The van der Waals surface area contributed by atoms with Crippen LogP contribution in [0.4, 0.5) is 14.5 Å². The van der Waals surface area contributed by atoms with E-state index in [-0.39, 0.29) is 16.9 Å². The van der Waals surface area contributed by atoms with Gasteiger partial charge in [-0.1, -0.05) is 0 Å². The van der Waals surface area contributed by atoms with E-state index < -0.39 is 11.6 Å². The van der Waals surface area contributed by atoms with E-state index in [0.29, 0.717) is 0 Å². The normalized spacial score (nSPS) is 10.4. The Bertz CT molecular complexity index is 451. The largest absolute Gasteiger partial charge is 0.396 e. The van der Waals surface area contributed by atoms with Gasteiger partial charge in [-0.25, -0.2) is 13.8 Å². The first-order valence-corrected chi connectivity index (χ1v) is 3.92. The van der Waals surface area contributed by atoms with Crippen LogP contribution in [0.3, 0.4) is 0 Å². The standard InChI is InChI=1S/C9H7F2N3/c10-5-1-2-6(12)9(11)8(5)7-3-13-4-14-7/h1-4H,12H2,(H,13,14). The van der Waals surface area contributed by atoms with Gasteiger partial charge in [0.1, 0.15) is 5.82 Å². The van der Waals surface area contributed by atoms with Crippen LogP contribution in [0.5, 0.6) is 0 Å². The summed E-state index contributed by atoms with van der Waals surface area (Å²) in [6.07, 6.45) is 2.68. The van der Waals surface area contributed by atoms with Gasteiger partial charge in [0, 0.05) is 0 Å². The fourth-order valence-electron chi connectivity index (χ4n) is 1.21. The fraction of sp³-hybridized carbons (Fsp3) is 0. The van der Waals surface area contributed by atoms with Gasteiger partial charge in [-0.15, -0.1) is 0 Å². The number of aromatic amines is 1. The SMILES string of the molecule is Nc1ccc(F)c(-c2cnc[nH]2)c1F. The maximum Gasteiger partial charge on any atom is 0.158 e. The van der Waals surface area contributed by atoms with E-state index in [1.54, 1.807) is 0 Å². The van der Waals surface area contributed by atoms with E-state index in [9.17, 15) is 8.78 Å². The van der Waals surface area contributed by atoms with Crippen molar-refractivity contribution in [2.45, 2.75) is 0 Å². The molecule has 0 amide bonds. The number of hydrogen-bond donors (Lipinski definition) is 2. The van der Waals surface area contributed by atoms with Crippen LogP contribution in [-0.4, -0.2) is 9.97 Å². The van der Waals surface area contributed by atoms with Gasteiger partial charge in [-0.05, 0) is 12.1 Å². The molecule has 2 aromatic rings. The van der Waals surface area contributed by atoms with E-state index in [2.05, 4.69) is 9.97 Å². The van der Waals surface area contributed by atoms with Crippen LogP contribution in [0.25, 0.3) is 11.3 Å². The molecule has 0 saturated carbocycles. The van der Waals surface area contributed by atoms with Crippen LogP contribution >= 0.6 is 0 Å². The number of H-pyrrole nitrogens is 1. The van der Waals surface area contributed by atoms with Gasteiger partial charge in [0.15, 0.2) is 5.82 Å². The maximum atomic E-state index is 13.4. The van der Waals surface area contributed by atoms with Crippen molar-refractivity contribution < 1.29 is 8.78 Å². The minimum Gasteiger partial charge on any atom is -0.396 e. The van der Waals surface area contributed by atoms with Crippen LogP contribution in [0.1, 0.15) is 0 Å². The maximum absolute atomic E-state index is 13.4. The molecule has 0 fully saturated rings. The Labute approximate surface area is 78.6 Å². The second-order valence-electron chi connectivity index (χ2n) is 2.79. The number of nitrogens with zero attached hydrogens (tertiary/aromatic N) is 1. The Hall–Kier alpha value is -1.91. The summed E-state index contributed by atoms with van der Waals surface area (Å²) in [4.78, 5) is 6.30. The van der Waals surface area contributed by atoms with Crippen LogP contribution in [0.2, 0.25) is 0 Å². The van der Waals surface area contributed by atoms with Crippen molar-refractivity contribution >= 4 is 5.69 Å².